The van der Waals surface area contributed by atoms with E-state index in [-0.39, 0.29) is 25.2 Å². The number of aliphatic hydroxyl groups is 1. The van der Waals surface area contributed by atoms with Gasteiger partial charge in [0.15, 0.2) is 0 Å². The molecule has 1 aliphatic carbocycles. The Labute approximate surface area is 120 Å². The summed E-state index contributed by atoms with van der Waals surface area (Å²) in [6.45, 7) is 2.69. The van der Waals surface area contributed by atoms with Gasteiger partial charge in [-0.15, -0.1) is 0 Å². The first-order chi connectivity index (χ1) is 9.60. The lowest BCUT2D eigenvalue weighted by atomic mass is 9.91. The summed E-state index contributed by atoms with van der Waals surface area (Å²) < 4.78 is 0. The Kier molecular flexibility index (Phi) is 7.36. The molecule has 0 aromatic rings. The number of carboxylic acid groups (broad SMARTS) is 1. The van der Waals surface area contributed by atoms with E-state index in [1.807, 2.05) is 6.92 Å². The molecule has 1 unspecified atom stereocenters. The first-order valence-electron chi connectivity index (χ1n) is 7.48. The predicted octanol–water partition coefficient (Wildman–Crippen LogP) is 1.43. The number of urea groups is 1. The van der Waals surface area contributed by atoms with Gasteiger partial charge in [-0.1, -0.05) is 13.3 Å². The molecule has 0 radical (unpaired) electrons. The van der Waals surface area contributed by atoms with Crippen LogP contribution in [0, 0.1) is 5.92 Å². The lowest BCUT2D eigenvalue weighted by Crippen LogP contribution is -2.50. The van der Waals surface area contributed by atoms with Crippen LogP contribution in [0.15, 0.2) is 0 Å². The third kappa shape index (κ3) is 5.00. The summed E-state index contributed by atoms with van der Waals surface area (Å²) in [5.41, 5.74) is 0. The molecule has 0 heterocycles. The lowest BCUT2D eigenvalue weighted by Gasteiger charge is -2.37. The van der Waals surface area contributed by atoms with Crippen molar-refractivity contribution in [3.8, 4) is 0 Å². The number of hydrogen-bond acceptors (Lipinski definition) is 3. The molecule has 0 saturated heterocycles. The molecule has 3 N–H and O–H groups in total. The molecule has 0 aromatic heterocycles. The number of nitrogens with zero attached hydrogens (tertiary/aromatic N) is 1. The Bertz CT molecular complexity index is 318. The highest BCUT2D eigenvalue weighted by atomic mass is 16.4. The van der Waals surface area contributed by atoms with E-state index in [1.165, 1.54) is 0 Å². The van der Waals surface area contributed by atoms with Crippen molar-refractivity contribution in [2.24, 2.45) is 5.92 Å². The van der Waals surface area contributed by atoms with Gasteiger partial charge in [0, 0.05) is 25.7 Å². The minimum absolute atomic E-state index is 0.0596. The molecule has 1 atom stereocenters. The van der Waals surface area contributed by atoms with Gasteiger partial charge in [-0.05, 0) is 32.1 Å². The smallest absolute Gasteiger partial charge is 0.317 e. The van der Waals surface area contributed by atoms with E-state index in [2.05, 4.69) is 5.32 Å². The molecule has 116 valence electrons. The molecule has 6 nitrogen and oxygen atoms in total. The second-order valence-corrected chi connectivity index (χ2v) is 5.37. The Morgan fingerprint density at radius 3 is 2.55 bits per heavy atom. The highest BCUT2D eigenvalue weighted by molar-refractivity contribution is 5.76. The third-order valence-electron chi connectivity index (χ3n) is 3.82. The topological polar surface area (TPSA) is 89.9 Å². The minimum Gasteiger partial charge on any atom is -0.481 e. The van der Waals surface area contributed by atoms with Crippen molar-refractivity contribution in [3.05, 3.63) is 0 Å². The molecule has 0 aliphatic heterocycles. The average molecular weight is 286 g/mol. The maximum Gasteiger partial charge on any atom is 0.317 e. The molecule has 0 aromatic carbocycles. The van der Waals surface area contributed by atoms with Crippen molar-refractivity contribution in [2.45, 2.75) is 51.5 Å². The summed E-state index contributed by atoms with van der Waals surface area (Å²) in [5.74, 6) is -1.39. The quantitative estimate of drug-likeness (QED) is 0.598. The first-order valence-corrected chi connectivity index (χ1v) is 7.48. The number of carbonyl (C=O) groups is 2. The monoisotopic (exact) mass is 286 g/mol. The first kappa shape index (κ1) is 16.8. The molecule has 20 heavy (non-hydrogen) atoms. The van der Waals surface area contributed by atoms with Crippen molar-refractivity contribution < 1.29 is 19.8 Å². The number of aliphatic carboxylic acids is 1. The van der Waals surface area contributed by atoms with Crippen LogP contribution in [0.5, 0.6) is 0 Å². The van der Waals surface area contributed by atoms with Gasteiger partial charge in [-0.2, -0.15) is 0 Å². The minimum atomic E-state index is -0.863. The largest absolute Gasteiger partial charge is 0.481 e. The lowest BCUT2D eigenvalue weighted by molar-refractivity contribution is -0.141. The fourth-order valence-corrected chi connectivity index (χ4v) is 2.36. The maximum absolute atomic E-state index is 12.2. The zero-order chi connectivity index (χ0) is 15.0. The van der Waals surface area contributed by atoms with E-state index in [9.17, 15) is 9.59 Å². The van der Waals surface area contributed by atoms with Crippen LogP contribution in [0.2, 0.25) is 0 Å². The Hall–Kier alpha value is -1.30. The average Bonchev–Trinajstić information content (AvgIpc) is 2.36. The summed E-state index contributed by atoms with van der Waals surface area (Å²) in [6, 6.07) is 0.0431. The second-order valence-electron chi connectivity index (χ2n) is 5.37. The van der Waals surface area contributed by atoms with E-state index in [0.717, 1.165) is 25.7 Å². The van der Waals surface area contributed by atoms with Crippen LogP contribution in [0.3, 0.4) is 0 Å². The van der Waals surface area contributed by atoms with E-state index < -0.39 is 11.9 Å². The predicted molar refractivity (Wildman–Crippen MR) is 75.5 cm³/mol. The summed E-state index contributed by atoms with van der Waals surface area (Å²) in [6.07, 6.45) is 5.02. The van der Waals surface area contributed by atoms with Gasteiger partial charge >= 0.3 is 12.0 Å². The van der Waals surface area contributed by atoms with Gasteiger partial charge in [0.05, 0.1) is 5.92 Å². The maximum atomic E-state index is 12.2. The number of amides is 2. The van der Waals surface area contributed by atoms with Crippen LogP contribution in [0.1, 0.15) is 45.4 Å². The van der Waals surface area contributed by atoms with Crippen molar-refractivity contribution in [1.82, 2.24) is 10.2 Å². The second kappa shape index (κ2) is 8.79. The summed E-state index contributed by atoms with van der Waals surface area (Å²) in [5, 5.41) is 20.7. The highest BCUT2D eigenvalue weighted by Gasteiger charge is 2.29. The van der Waals surface area contributed by atoms with Crippen LogP contribution in [0.4, 0.5) is 4.79 Å². The van der Waals surface area contributed by atoms with Crippen molar-refractivity contribution in [2.75, 3.05) is 19.7 Å². The molecule has 1 aliphatic rings. The van der Waals surface area contributed by atoms with Gasteiger partial charge < -0.3 is 20.4 Å². The van der Waals surface area contributed by atoms with E-state index in [1.54, 1.807) is 4.90 Å². The van der Waals surface area contributed by atoms with Crippen LogP contribution < -0.4 is 5.32 Å². The molecule has 2 amide bonds. The van der Waals surface area contributed by atoms with Crippen LogP contribution in [-0.4, -0.2) is 52.9 Å². The molecule has 1 rings (SSSR count). The highest BCUT2D eigenvalue weighted by Crippen LogP contribution is 2.25. The molecule has 6 heteroatoms. The van der Waals surface area contributed by atoms with Crippen LogP contribution in [0.25, 0.3) is 0 Å². The SMILES string of the molecule is CCCC(CNC(=O)N(CCCO)C1CCC1)C(=O)O. The van der Waals surface area contributed by atoms with Crippen molar-refractivity contribution >= 4 is 12.0 Å². The Morgan fingerprint density at radius 1 is 1.40 bits per heavy atom. The van der Waals surface area contributed by atoms with Gasteiger partial charge in [0.25, 0.3) is 0 Å². The fraction of sp³-hybridized carbons (Fsp3) is 0.857. The van der Waals surface area contributed by atoms with Gasteiger partial charge in [-0.25, -0.2) is 4.79 Å². The molecular formula is C14H26N2O4. The van der Waals surface area contributed by atoms with Crippen molar-refractivity contribution in [1.29, 1.82) is 0 Å². The zero-order valence-corrected chi connectivity index (χ0v) is 12.2. The standard InChI is InChI=1S/C14H26N2O4/c1-2-5-11(13(18)19)10-15-14(20)16(8-4-9-17)12-6-3-7-12/h11-12,17H,2-10H2,1H3,(H,15,20)(H,18,19). The summed E-state index contributed by atoms with van der Waals surface area (Å²) in [4.78, 5) is 24.9. The summed E-state index contributed by atoms with van der Waals surface area (Å²) >= 11 is 0. The third-order valence-corrected chi connectivity index (χ3v) is 3.82. The van der Waals surface area contributed by atoms with Crippen LogP contribution >= 0.6 is 0 Å². The Morgan fingerprint density at radius 2 is 2.10 bits per heavy atom. The van der Waals surface area contributed by atoms with Gasteiger partial charge in [0.2, 0.25) is 0 Å². The van der Waals surface area contributed by atoms with E-state index in [4.69, 9.17) is 10.2 Å². The van der Waals surface area contributed by atoms with Gasteiger partial charge in [0.1, 0.15) is 0 Å². The molecule has 0 bridgehead atoms. The number of nitrogens with one attached hydrogen (secondary N) is 1. The van der Waals surface area contributed by atoms with Gasteiger partial charge in [-0.3, -0.25) is 4.79 Å². The number of hydrogen-bond donors (Lipinski definition) is 3. The van der Waals surface area contributed by atoms with E-state index in [0.29, 0.717) is 19.4 Å². The number of carboxylic acids is 1. The number of rotatable bonds is 9. The van der Waals surface area contributed by atoms with E-state index >= 15 is 0 Å². The molecule has 0 spiro atoms. The zero-order valence-electron chi connectivity index (χ0n) is 12.2. The number of aliphatic hydroxyl groups excluding tert-OH is 1. The normalized spacial score (nSPS) is 16.3. The van der Waals surface area contributed by atoms with Crippen LogP contribution in [-0.2, 0) is 4.79 Å². The fourth-order valence-electron chi connectivity index (χ4n) is 2.36. The number of carbonyl (C=O) groups excluding carboxylic acids is 1. The molecule has 1 fully saturated rings. The molecular weight excluding hydrogens is 260 g/mol. The summed E-state index contributed by atoms with van der Waals surface area (Å²) in [7, 11) is 0. The van der Waals surface area contributed by atoms with Crippen molar-refractivity contribution in [3.63, 3.8) is 0 Å². The molecule has 1 saturated carbocycles. The Balaban J connectivity index is 2.45.